The normalized spacial score (nSPS) is 15.2. The Morgan fingerprint density at radius 2 is 2.04 bits per heavy atom. The molecule has 8 heteroatoms. The summed E-state index contributed by atoms with van der Waals surface area (Å²) in [7, 11) is 0. The fourth-order valence-electron chi connectivity index (χ4n) is 3.66. The second-order valence-corrected chi connectivity index (χ2v) is 6.73. The van der Waals surface area contributed by atoms with Gasteiger partial charge in [-0.15, -0.1) is 10.2 Å². The van der Waals surface area contributed by atoms with Gasteiger partial charge < -0.3 is 9.47 Å². The third kappa shape index (κ3) is 3.60. The smallest absolute Gasteiger partial charge is 0.255 e. The first-order valence-corrected chi connectivity index (χ1v) is 9.35. The van der Waals surface area contributed by atoms with Crippen LogP contribution in [0, 0.1) is 0 Å². The minimum atomic E-state index is 0.0536. The van der Waals surface area contributed by atoms with Gasteiger partial charge in [-0.05, 0) is 38.0 Å². The molecule has 0 radical (unpaired) electrons. The van der Waals surface area contributed by atoms with Gasteiger partial charge in [-0.3, -0.25) is 14.5 Å². The molecule has 1 amide bonds. The molecule has 0 spiro atoms. The quantitative estimate of drug-likeness (QED) is 0.690. The lowest BCUT2D eigenvalue weighted by molar-refractivity contribution is 0.0709. The summed E-state index contributed by atoms with van der Waals surface area (Å²) in [4.78, 5) is 18.5. The van der Waals surface area contributed by atoms with E-state index in [2.05, 4.69) is 31.8 Å². The molecule has 0 aromatic carbocycles. The largest absolute Gasteiger partial charge is 0.339 e. The third-order valence-electron chi connectivity index (χ3n) is 5.09. The van der Waals surface area contributed by atoms with E-state index in [9.17, 15) is 4.79 Å². The molecule has 4 heterocycles. The van der Waals surface area contributed by atoms with Gasteiger partial charge in [0.15, 0.2) is 5.82 Å². The van der Waals surface area contributed by atoms with Crippen molar-refractivity contribution < 1.29 is 4.79 Å². The number of hydrogen-bond donors (Lipinski definition) is 0. The SMILES string of the molecule is CCn1c(Cn2cccn2)nnc1C1CCN(C(=O)c2cccnc2)CC1. The number of rotatable bonds is 5. The van der Waals surface area contributed by atoms with Crippen molar-refractivity contribution in [2.75, 3.05) is 13.1 Å². The molecule has 3 aromatic rings. The zero-order valence-corrected chi connectivity index (χ0v) is 15.4. The highest BCUT2D eigenvalue weighted by atomic mass is 16.2. The fraction of sp³-hybridized carbons (Fsp3) is 0.421. The Kier molecular flexibility index (Phi) is 4.95. The lowest BCUT2D eigenvalue weighted by Crippen LogP contribution is -2.38. The zero-order valence-electron chi connectivity index (χ0n) is 15.4. The minimum Gasteiger partial charge on any atom is -0.339 e. The summed E-state index contributed by atoms with van der Waals surface area (Å²) in [5.74, 6) is 2.32. The molecule has 0 N–H and O–H groups in total. The molecule has 0 aliphatic carbocycles. The third-order valence-corrected chi connectivity index (χ3v) is 5.09. The van der Waals surface area contributed by atoms with E-state index < -0.39 is 0 Å². The monoisotopic (exact) mass is 365 g/mol. The Morgan fingerprint density at radius 1 is 1.19 bits per heavy atom. The molecule has 3 aromatic heterocycles. The maximum atomic E-state index is 12.6. The van der Waals surface area contributed by atoms with Crippen molar-refractivity contribution in [3.05, 3.63) is 60.2 Å². The first-order chi connectivity index (χ1) is 13.3. The average molecular weight is 365 g/mol. The molecule has 0 unspecified atom stereocenters. The van der Waals surface area contributed by atoms with Crippen molar-refractivity contribution in [2.24, 2.45) is 0 Å². The summed E-state index contributed by atoms with van der Waals surface area (Å²) in [6, 6.07) is 5.52. The number of amides is 1. The number of pyridine rings is 1. The van der Waals surface area contributed by atoms with Gasteiger partial charge in [0.1, 0.15) is 12.4 Å². The summed E-state index contributed by atoms with van der Waals surface area (Å²) in [5, 5.41) is 13.1. The van der Waals surface area contributed by atoms with Crippen LogP contribution in [0.1, 0.15) is 47.7 Å². The van der Waals surface area contributed by atoms with Gasteiger partial charge in [0.2, 0.25) is 0 Å². The fourth-order valence-corrected chi connectivity index (χ4v) is 3.66. The summed E-state index contributed by atoms with van der Waals surface area (Å²) < 4.78 is 4.04. The van der Waals surface area contributed by atoms with Crippen molar-refractivity contribution >= 4 is 5.91 Å². The number of likely N-dealkylation sites (tertiary alicyclic amines) is 1. The molecular weight excluding hydrogens is 342 g/mol. The average Bonchev–Trinajstić information content (AvgIpc) is 3.38. The first kappa shape index (κ1) is 17.4. The standard InChI is InChI=1S/C19H23N7O/c1-2-26-17(14-25-10-4-9-21-25)22-23-18(26)15-6-11-24(12-7-15)19(27)16-5-3-8-20-13-16/h3-5,8-10,13,15H,2,6-7,11-12,14H2,1H3. The molecule has 0 saturated carbocycles. The second-order valence-electron chi connectivity index (χ2n) is 6.73. The topological polar surface area (TPSA) is 81.7 Å². The van der Waals surface area contributed by atoms with Crippen LogP contribution in [0.2, 0.25) is 0 Å². The van der Waals surface area contributed by atoms with Crippen molar-refractivity contribution in [1.29, 1.82) is 0 Å². The minimum absolute atomic E-state index is 0.0536. The molecule has 1 aliphatic heterocycles. The Labute approximate surface area is 157 Å². The van der Waals surface area contributed by atoms with Crippen LogP contribution in [-0.4, -0.2) is 53.4 Å². The second kappa shape index (κ2) is 7.69. The number of carbonyl (C=O) groups excluding carboxylic acids is 1. The van der Waals surface area contributed by atoms with E-state index in [1.54, 1.807) is 24.7 Å². The summed E-state index contributed by atoms with van der Waals surface area (Å²) in [6.45, 7) is 5.01. The molecule has 0 atom stereocenters. The highest BCUT2D eigenvalue weighted by Gasteiger charge is 2.28. The van der Waals surface area contributed by atoms with Crippen LogP contribution >= 0.6 is 0 Å². The van der Waals surface area contributed by atoms with Crippen molar-refractivity contribution in [2.45, 2.75) is 38.8 Å². The van der Waals surface area contributed by atoms with E-state index in [-0.39, 0.29) is 5.91 Å². The van der Waals surface area contributed by atoms with Crippen LogP contribution in [0.3, 0.4) is 0 Å². The van der Waals surface area contributed by atoms with Crippen LogP contribution in [0.4, 0.5) is 0 Å². The zero-order chi connectivity index (χ0) is 18.6. The van der Waals surface area contributed by atoms with E-state index in [1.807, 2.05) is 27.9 Å². The van der Waals surface area contributed by atoms with Crippen LogP contribution in [0.5, 0.6) is 0 Å². The Bertz CT molecular complexity index is 880. The van der Waals surface area contributed by atoms with Crippen LogP contribution in [0.15, 0.2) is 43.0 Å². The van der Waals surface area contributed by atoms with Crippen LogP contribution < -0.4 is 0 Å². The van der Waals surface area contributed by atoms with Gasteiger partial charge in [0.05, 0.1) is 5.56 Å². The molecule has 4 rings (SSSR count). The Hall–Kier alpha value is -3.03. The highest BCUT2D eigenvalue weighted by molar-refractivity contribution is 5.93. The molecule has 0 bridgehead atoms. The van der Waals surface area contributed by atoms with Gasteiger partial charge in [0.25, 0.3) is 5.91 Å². The van der Waals surface area contributed by atoms with Crippen LogP contribution in [-0.2, 0) is 13.1 Å². The van der Waals surface area contributed by atoms with Crippen molar-refractivity contribution in [3.63, 3.8) is 0 Å². The molecule has 27 heavy (non-hydrogen) atoms. The van der Waals surface area contributed by atoms with Crippen LogP contribution in [0.25, 0.3) is 0 Å². The van der Waals surface area contributed by atoms with E-state index in [4.69, 9.17) is 0 Å². The van der Waals surface area contributed by atoms with Gasteiger partial charge in [-0.2, -0.15) is 5.10 Å². The summed E-state index contributed by atoms with van der Waals surface area (Å²) >= 11 is 0. The summed E-state index contributed by atoms with van der Waals surface area (Å²) in [6.07, 6.45) is 8.79. The molecule has 8 nitrogen and oxygen atoms in total. The van der Waals surface area contributed by atoms with E-state index in [0.29, 0.717) is 18.0 Å². The predicted molar refractivity (Wildman–Crippen MR) is 99.1 cm³/mol. The lowest BCUT2D eigenvalue weighted by atomic mass is 9.95. The van der Waals surface area contributed by atoms with E-state index in [0.717, 1.165) is 44.1 Å². The van der Waals surface area contributed by atoms with E-state index >= 15 is 0 Å². The highest BCUT2D eigenvalue weighted by Crippen LogP contribution is 2.28. The Morgan fingerprint density at radius 3 is 2.70 bits per heavy atom. The summed E-state index contributed by atoms with van der Waals surface area (Å²) in [5.41, 5.74) is 0.647. The molecule has 1 saturated heterocycles. The van der Waals surface area contributed by atoms with E-state index in [1.165, 1.54) is 0 Å². The maximum absolute atomic E-state index is 12.6. The number of aromatic nitrogens is 6. The molecule has 1 aliphatic rings. The Balaban J connectivity index is 1.44. The predicted octanol–water partition coefficient (Wildman–Crippen LogP) is 1.96. The number of carbonyl (C=O) groups is 1. The lowest BCUT2D eigenvalue weighted by Gasteiger charge is -2.31. The molecule has 140 valence electrons. The maximum Gasteiger partial charge on any atom is 0.255 e. The van der Waals surface area contributed by atoms with Gasteiger partial charge >= 0.3 is 0 Å². The van der Waals surface area contributed by atoms with Crippen molar-refractivity contribution in [1.82, 2.24) is 34.4 Å². The first-order valence-electron chi connectivity index (χ1n) is 9.35. The van der Waals surface area contributed by atoms with Gasteiger partial charge in [0, 0.05) is 50.3 Å². The molecule has 1 fully saturated rings. The van der Waals surface area contributed by atoms with Gasteiger partial charge in [-0.25, -0.2) is 0 Å². The number of nitrogens with zero attached hydrogens (tertiary/aromatic N) is 7. The van der Waals surface area contributed by atoms with Gasteiger partial charge in [-0.1, -0.05) is 0 Å². The van der Waals surface area contributed by atoms with Crippen molar-refractivity contribution in [3.8, 4) is 0 Å². The number of piperidine rings is 1. The number of hydrogen-bond acceptors (Lipinski definition) is 5. The molecular formula is C19H23N7O.